The highest BCUT2D eigenvalue weighted by atomic mass is 32.2. The Kier molecular flexibility index (Phi) is 7.82. The molecule has 1 aliphatic heterocycles. The van der Waals surface area contributed by atoms with Crippen molar-refractivity contribution in [2.24, 2.45) is 0 Å². The average Bonchev–Trinajstić information content (AvgIpc) is 2.88. The first-order valence-electron chi connectivity index (χ1n) is 8.81. The van der Waals surface area contributed by atoms with Crippen molar-refractivity contribution in [2.75, 3.05) is 31.1 Å². The summed E-state index contributed by atoms with van der Waals surface area (Å²) in [7, 11) is 0. The molecule has 1 aliphatic rings. The van der Waals surface area contributed by atoms with Crippen molar-refractivity contribution in [2.45, 2.75) is 26.7 Å². The first kappa shape index (κ1) is 21.4. The van der Waals surface area contributed by atoms with Gasteiger partial charge in [0.05, 0.1) is 11.5 Å². The second-order valence-corrected chi connectivity index (χ2v) is 7.85. The summed E-state index contributed by atoms with van der Waals surface area (Å²) < 4.78 is 0.464. The summed E-state index contributed by atoms with van der Waals surface area (Å²) in [6, 6.07) is 5.98. The molecule has 0 aromatic heterocycles. The minimum Gasteiger partial charge on any atom is -0.481 e. The van der Waals surface area contributed by atoms with E-state index in [1.807, 2.05) is 38.1 Å². The zero-order valence-electron chi connectivity index (χ0n) is 15.5. The lowest BCUT2D eigenvalue weighted by Gasteiger charge is -2.22. The number of aliphatic carboxylic acids is 1. The van der Waals surface area contributed by atoms with Gasteiger partial charge in [0.15, 0.2) is 0 Å². The van der Waals surface area contributed by atoms with E-state index < -0.39 is 5.97 Å². The van der Waals surface area contributed by atoms with Gasteiger partial charge in [-0.15, -0.1) is 0 Å². The van der Waals surface area contributed by atoms with E-state index in [1.54, 1.807) is 0 Å². The minimum absolute atomic E-state index is 0.0123. The summed E-state index contributed by atoms with van der Waals surface area (Å²) in [6.07, 6.45) is 2.22. The van der Waals surface area contributed by atoms with Crippen molar-refractivity contribution in [3.8, 4) is 0 Å². The Bertz CT molecular complexity index is 764. The van der Waals surface area contributed by atoms with Crippen molar-refractivity contribution in [3.05, 3.63) is 34.2 Å². The van der Waals surface area contributed by atoms with Gasteiger partial charge in [0.25, 0.3) is 5.91 Å². The van der Waals surface area contributed by atoms with E-state index in [1.165, 1.54) is 16.7 Å². The summed E-state index contributed by atoms with van der Waals surface area (Å²) in [5.41, 5.74) is 2.99. The third-order valence-electron chi connectivity index (χ3n) is 4.30. The van der Waals surface area contributed by atoms with Gasteiger partial charge < -0.3 is 15.1 Å². The standard InChI is InChI=1S/C19H24N2O4S2/c1-3-20(9-10-22)15-7-6-14(13(2)11-15)12-16-18(25)21(19(26)27-16)8-4-5-17(23)24/h6-7,11-12,22H,3-5,8-10H2,1-2H3,(H,23,24). The molecule has 146 valence electrons. The molecule has 0 bridgehead atoms. The molecule has 27 heavy (non-hydrogen) atoms. The molecule has 1 saturated heterocycles. The molecule has 0 spiro atoms. The Morgan fingerprint density at radius 3 is 2.74 bits per heavy atom. The zero-order valence-corrected chi connectivity index (χ0v) is 17.1. The fraction of sp³-hybridized carbons (Fsp3) is 0.421. The molecule has 1 fully saturated rings. The molecule has 6 nitrogen and oxygen atoms in total. The second-order valence-electron chi connectivity index (χ2n) is 6.17. The van der Waals surface area contributed by atoms with Crippen molar-refractivity contribution < 1.29 is 19.8 Å². The summed E-state index contributed by atoms with van der Waals surface area (Å²) in [5.74, 6) is -1.05. The zero-order chi connectivity index (χ0) is 20.0. The number of anilines is 1. The van der Waals surface area contributed by atoms with Gasteiger partial charge in [-0.25, -0.2) is 0 Å². The van der Waals surface area contributed by atoms with Crippen LogP contribution in [0.4, 0.5) is 5.69 Å². The lowest BCUT2D eigenvalue weighted by molar-refractivity contribution is -0.137. The predicted octanol–water partition coefficient (Wildman–Crippen LogP) is 2.88. The van der Waals surface area contributed by atoms with E-state index in [0.717, 1.165) is 23.4 Å². The Morgan fingerprint density at radius 1 is 1.41 bits per heavy atom. The minimum atomic E-state index is -0.881. The number of carboxylic acids is 1. The number of carboxylic acid groups (broad SMARTS) is 1. The van der Waals surface area contributed by atoms with Crippen molar-refractivity contribution in [1.29, 1.82) is 0 Å². The Balaban J connectivity index is 2.15. The second kappa shape index (κ2) is 9.87. The van der Waals surface area contributed by atoms with Crippen LogP contribution in [0, 0.1) is 6.92 Å². The molecule has 0 unspecified atom stereocenters. The number of nitrogens with zero attached hydrogens (tertiary/aromatic N) is 2. The van der Waals surface area contributed by atoms with E-state index >= 15 is 0 Å². The van der Waals surface area contributed by atoms with Gasteiger partial charge in [-0.1, -0.05) is 30.0 Å². The number of benzene rings is 1. The number of aryl methyl sites for hydroxylation is 1. The van der Waals surface area contributed by atoms with E-state index in [9.17, 15) is 14.7 Å². The largest absolute Gasteiger partial charge is 0.481 e. The number of aliphatic hydroxyl groups is 1. The maximum Gasteiger partial charge on any atom is 0.303 e. The maximum atomic E-state index is 12.6. The van der Waals surface area contributed by atoms with E-state index in [2.05, 4.69) is 4.90 Å². The van der Waals surface area contributed by atoms with Gasteiger partial charge in [0, 0.05) is 31.7 Å². The smallest absolute Gasteiger partial charge is 0.303 e. The summed E-state index contributed by atoms with van der Waals surface area (Å²) in [4.78, 5) is 27.3. The SMILES string of the molecule is CCN(CCO)c1ccc(C=C2SC(=S)N(CCCC(=O)O)C2=O)c(C)c1. The van der Waals surface area contributed by atoms with Crippen LogP contribution in [0.1, 0.15) is 30.9 Å². The van der Waals surface area contributed by atoms with Crippen LogP contribution in [0.3, 0.4) is 0 Å². The number of rotatable bonds is 9. The maximum absolute atomic E-state index is 12.6. The molecule has 1 aromatic carbocycles. The van der Waals surface area contributed by atoms with Gasteiger partial charge in [0.2, 0.25) is 0 Å². The Hall–Kier alpha value is -1.90. The summed E-state index contributed by atoms with van der Waals surface area (Å²) >= 11 is 6.52. The molecule has 1 heterocycles. The molecule has 1 aromatic rings. The van der Waals surface area contributed by atoms with Crippen molar-refractivity contribution >= 4 is 51.9 Å². The normalized spacial score (nSPS) is 15.7. The molecule has 0 aliphatic carbocycles. The Morgan fingerprint density at radius 2 is 2.15 bits per heavy atom. The van der Waals surface area contributed by atoms with Gasteiger partial charge in [-0.3, -0.25) is 14.5 Å². The van der Waals surface area contributed by atoms with Crippen LogP contribution in [0.5, 0.6) is 0 Å². The van der Waals surface area contributed by atoms with Crippen LogP contribution in [0.25, 0.3) is 6.08 Å². The number of likely N-dealkylation sites (N-methyl/N-ethyl adjacent to an activating group) is 1. The number of hydrogen-bond acceptors (Lipinski definition) is 6. The monoisotopic (exact) mass is 408 g/mol. The highest BCUT2D eigenvalue weighted by Gasteiger charge is 2.31. The first-order valence-corrected chi connectivity index (χ1v) is 10.0. The topological polar surface area (TPSA) is 81.1 Å². The first-order chi connectivity index (χ1) is 12.9. The Labute approximate surface area is 168 Å². The van der Waals surface area contributed by atoms with E-state index in [0.29, 0.717) is 28.7 Å². The molecule has 8 heteroatoms. The van der Waals surface area contributed by atoms with E-state index in [-0.39, 0.29) is 18.9 Å². The molecule has 0 atom stereocenters. The molecule has 2 N–H and O–H groups in total. The number of amides is 1. The van der Waals surface area contributed by atoms with Gasteiger partial charge in [-0.05, 0) is 49.6 Å². The highest BCUT2D eigenvalue weighted by Crippen LogP contribution is 2.33. The fourth-order valence-electron chi connectivity index (χ4n) is 2.83. The predicted molar refractivity (Wildman–Crippen MR) is 113 cm³/mol. The fourth-order valence-corrected chi connectivity index (χ4v) is 4.13. The lowest BCUT2D eigenvalue weighted by Crippen LogP contribution is -2.29. The molecular formula is C19H24N2O4S2. The average molecular weight is 409 g/mol. The van der Waals surface area contributed by atoms with E-state index in [4.69, 9.17) is 17.3 Å². The molecule has 0 radical (unpaired) electrons. The van der Waals surface area contributed by atoms with Crippen molar-refractivity contribution in [1.82, 2.24) is 4.90 Å². The van der Waals surface area contributed by atoms with Crippen LogP contribution < -0.4 is 4.90 Å². The van der Waals surface area contributed by atoms with Crippen LogP contribution >= 0.6 is 24.0 Å². The molecule has 0 saturated carbocycles. The number of hydrogen-bond donors (Lipinski definition) is 2. The number of carbonyl (C=O) groups excluding carboxylic acids is 1. The summed E-state index contributed by atoms with van der Waals surface area (Å²) in [6.45, 7) is 5.81. The van der Waals surface area contributed by atoms with Crippen LogP contribution in [-0.2, 0) is 9.59 Å². The molecule has 2 rings (SSSR count). The van der Waals surface area contributed by atoms with Gasteiger partial charge in [-0.2, -0.15) is 0 Å². The third kappa shape index (κ3) is 5.54. The third-order valence-corrected chi connectivity index (χ3v) is 5.68. The number of thiocarbonyl (C=S) groups is 1. The van der Waals surface area contributed by atoms with Gasteiger partial charge >= 0.3 is 5.97 Å². The van der Waals surface area contributed by atoms with Crippen LogP contribution in [0.2, 0.25) is 0 Å². The van der Waals surface area contributed by atoms with Crippen LogP contribution in [-0.4, -0.2) is 57.6 Å². The quantitative estimate of drug-likeness (QED) is 0.480. The number of thioether (sulfide) groups is 1. The number of carbonyl (C=O) groups is 2. The molecule has 1 amide bonds. The van der Waals surface area contributed by atoms with Crippen LogP contribution in [0.15, 0.2) is 23.1 Å². The molecular weight excluding hydrogens is 384 g/mol. The highest BCUT2D eigenvalue weighted by molar-refractivity contribution is 8.26. The summed E-state index contributed by atoms with van der Waals surface area (Å²) in [5, 5.41) is 17.9. The lowest BCUT2D eigenvalue weighted by atomic mass is 10.1. The number of aliphatic hydroxyl groups excluding tert-OH is 1. The van der Waals surface area contributed by atoms with Crippen molar-refractivity contribution in [3.63, 3.8) is 0 Å². The van der Waals surface area contributed by atoms with Gasteiger partial charge in [0.1, 0.15) is 4.32 Å².